The molecule has 0 aromatic heterocycles. The molecule has 0 bridgehead atoms. The van der Waals surface area contributed by atoms with Crippen LogP contribution in [0.5, 0.6) is 0 Å². The number of amides is 1. The van der Waals surface area contributed by atoms with Gasteiger partial charge in [-0.05, 0) is 45.8 Å². The van der Waals surface area contributed by atoms with Crippen molar-refractivity contribution in [2.24, 2.45) is 5.92 Å². The first kappa shape index (κ1) is 19.2. The number of nitrogens with one attached hydrogen (secondary N) is 1. The molecule has 1 heterocycles. The Morgan fingerprint density at radius 1 is 1.41 bits per heavy atom. The van der Waals surface area contributed by atoms with E-state index in [0.29, 0.717) is 19.0 Å². The highest BCUT2D eigenvalue weighted by Crippen LogP contribution is 2.18. The largest absolute Gasteiger partial charge is 0.405 e. The number of halogens is 3. The summed E-state index contributed by atoms with van der Waals surface area (Å²) in [6.45, 7) is 3.67. The molecule has 1 saturated heterocycles. The zero-order valence-electron chi connectivity index (χ0n) is 13.2. The molecule has 0 aromatic rings. The van der Waals surface area contributed by atoms with Crippen LogP contribution < -0.4 is 5.32 Å². The van der Waals surface area contributed by atoms with Gasteiger partial charge in [-0.3, -0.25) is 9.69 Å². The average Bonchev–Trinajstić information content (AvgIpc) is 2.45. The molecule has 1 rings (SSSR count). The Kier molecular flexibility index (Phi) is 7.58. The van der Waals surface area contributed by atoms with Gasteiger partial charge in [-0.1, -0.05) is 0 Å². The van der Waals surface area contributed by atoms with E-state index in [1.807, 2.05) is 5.32 Å². The van der Waals surface area contributed by atoms with E-state index in [2.05, 4.69) is 4.90 Å². The Hall–Kier alpha value is -0.860. The summed E-state index contributed by atoms with van der Waals surface area (Å²) in [5, 5.41) is 10.8. The second kappa shape index (κ2) is 8.69. The van der Waals surface area contributed by atoms with E-state index < -0.39 is 24.7 Å². The first-order chi connectivity index (χ1) is 10.2. The maximum absolute atomic E-state index is 12.1. The predicted octanol–water partition coefficient (Wildman–Crippen LogP) is 0.689. The number of carbonyl (C=O) groups excluding carboxylic acids is 1. The van der Waals surface area contributed by atoms with Crippen LogP contribution >= 0.6 is 0 Å². The normalized spacial score (nSPS) is 19.4. The second-order valence-corrected chi connectivity index (χ2v) is 5.96. The van der Waals surface area contributed by atoms with Gasteiger partial charge in [0.2, 0.25) is 5.91 Å². The van der Waals surface area contributed by atoms with E-state index >= 15 is 0 Å². The van der Waals surface area contributed by atoms with Crippen molar-refractivity contribution < 1.29 is 23.1 Å². The van der Waals surface area contributed by atoms with Crippen LogP contribution in [0.15, 0.2) is 0 Å². The first-order valence-corrected chi connectivity index (χ1v) is 7.61. The maximum atomic E-state index is 12.1. The molecule has 1 fully saturated rings. The smallest absolute Gasteiger partial charge is 0.395 e. The minimum Gasteiger partial charge on any atom is -0.395 e. The van der Waals surface area contributed by atoms with E-state index in [4.69, 9.17) is 5.11 Å². The van der Waals surface area contributed by atoms with Gasteiger partial charge in [0.05, 0.1) is 12.6 Å². The Bertz CT molecular complexity index is 345. The fourth-order valence-corrected chi connectivity index (χ4v) is 2.63. The number of alkyl halides is 3. The molecular formula is C14H26F3N3O2. The maximum Gasteiger partial charge on any atom is 0.405 e. The van der Waals surface area contributed by atoms with Crippen LogP contribution in [-0.4, -0.2) is 79.4 Å². The molecule has 0 saturated carbocycles. The Balaban J connectivity index is 2.32. The molecule has 2 N–H and O–H groups in total. The van der Waals surface area contributed by atoms with Crippen molar-refractivity contribution >= 4 is 5.91 Å². The molecule has 0 spiro atoms. The minimum absolute atomic E-state index is 0.154. The van der Waals surface area contributed by atoms with E-state index in [0.717, 1.165) is 25.9 Å². The minimum atomic E-state index is -4.38. The molecule has 1 atom stereocenters. The zero-order chi connectivity index (χ0) is 16.8. The lowest BCUT2D eigenvalue weighted by molar-refractivity contribution is -0.141. The van der Waals surface area contributed by atoms with Gasteiger partial charge in [-0.2, -0.15) is 13.2 Å². The Morgan fingerprint density at radius 2 is 2.00 bits per heavy atom. The van der Waals surface area contributed by atoms with Gasteiger partial charge in [0.15, 0.2) is 0 Å². The monoisotopic (exact) mass is 325 g/mol. The highest BCUT2D eigenvalue weighted by Gasteiger charge is 2.30. The van der Waals surface area contributed by atoms with Crippen LogP contribution in [0.2, 0.25) is 0 Å². The highest BCUT2D eigenvalue weighted by molar-refractivity contribution is 5.81. The Morgan fingerprint density at radius 3 is 2.50 bits per heavy atom. The van der Waals surface area contributed by atoms with Crippen molar-refractivity contribution in [3.8, 4) is 0 Å². The Labute approximate surface area is 129 Å². The summed E-state index contributed by atoms with van der Waals surface area (Å²) in [5.41, 5.74) is 0. The molecule has 0 unspecified atom stereocenters. The molecule has 8 heteroatoms. The fourth-order valence-electron chi connectivity index (χ4n) is 2.63. The number of carbonyl (C=O) groups is 1. The lowest BCUT2D eigenvalue weighted by Crippen LogP contribution is -2.48. The van der Waals surface area contributed by atoms with Crippen molar-refractivity contribution in [1.82, 2.24) is 15.1 Å². The summed E-state index contributed by atoms with van der Waals surface area (Å²) in [4.78, 5) is 15.7. The van der Waals surface area contributed by atoms with Gasteiger partial charge >= 0.3 is 6.18 Å². The summed E-state index contributed by atoms with van der Waals surface area (Å²) in [7, 11) is 1.76. The number of aliphatic hydroxyl groups is 1. The van der Waals surface area contributed by atoms with Crippen LogP contribution in [0.1, 0.15) is 19.8 Å². The van der Waals surface area contributed by atoms with E-state index in [1.165, 1.54) is 0 Å². The number of rotatable bonds is 7. The summed E-state index contributed by atoms with van der Waals surface area (Å²) in [6.07, 6.45) is -2.43. The fraction of sp³-hybridized carbons (Fsp3) is 0.929. The molecule has 5 nitrogen and oxygen atoms in total. The molecule has 1 aliphatic rings. The third-order valence-electron chi connectivity index (χ3n) is 4.17. The van der Waals surface area contributed by atoms with Gasteiger partial charge in [-0.15, -0.1) is 0 Å². The summed E-state index contributed by atoms with van der Waals surface area (Å²) in [5.74, 6) is -0.171. The van der Waals surface area contributed by atoms with Gasteiger partial charge in [0.1, 0.15) is 6.54 Å². The van der Waals surface area contributed by atoms with Gasteiger partial charge in [0, 0.05) is 13.1 Å². The number of likely N-dealkylation sites (tertiary alicyclic amines) is 1. The lowest BCUT2D eigenvalue weighted by atomic mass is 9.96. The molecule has 22 heavy (non-hydrogen) atoms. The number of aliphatic hydroxyl groups excluding tert-OH is 1. The van der Waals surface area contributed by atoms with Crippen molar-refractivity contribution in [2.45, 2.75) is 32.0 Å². The topological polar surface area (TPSA) is 55.8 Å². The van der Waals surface area contributed by atoms with Crippen LogP contribution in [0, 0.1) is 5.92 Å². The highest BCUT2D eigenvalue weighted by atomic mass is 19.4. The zero-order valence-corrected chi connectivity index (χ0v) is 13.2. The number of likely N-dealkylation sites (N-methyl/N-ethyl adjacent to an activating group) is 1. The van der Waals surface area contributed by atoms with E-state index in [9.17, 15) is 18.0 Å². The van der Waals surface area contributed by atoms with Crippen LogP contribution in [0.4, 0.5) is 13.2 Å². The average molecular weight is 325 g/mol. The van der Waals surface area contributed by atoms with Gasteiger partial charge < -0.3 is 15.3 Å². The van der Waals surface area contributed by atoms with Crippen LogP contribution in [0.25, 0.3) is 0 Å². The molecular weight excluding hydrogens is 299 g/mol. The van der Waals surface area contributed by atoms with E-state index in [1.54, 1.807) is 18.9 Å². The lowest BCUT2D eigenvalue weighted by Gasteiger charge is -2.34. The molecule has 0 radical (unpaired) electrons. The summed E-state index contributed by atoms with van der Waals surface area (Å²) >= 11 is 0. The molecule has 1 amide bonds. The summed E-state index contributed by atoms with van der Waals surface area (Å²) in [6, 6.07) is -0.585. The molecule has 1 aliphatic heterocycles. The molecule has 0 aromatic carbocycles. The standard InChI is InChI=1S/C14H26F3N3O2/c1-11(13(22)18-10-14(15,16)17)19(2)9-12-3-5-20(6-4-12)7-8-21/h11-12,21H,3-10H2,1-2H3,(H,18,22)/t11-/m1/s1. The van der Waals surface area contributed by atoms with Crippen molar-refractivity contribution in [1.29, 1.82) is 0 Å². The third-order valence-corrected chi connectivity index (χ3v) is 4.17. The van der Waals surface area contributed by atoms with Gasteiger partial charge in [-0.25, -0.2) is 0 Å². The summed E-state index contributed by atoms with van der Waals surface area (Å²) < 4.78 is 36.3. The number of β-amino-alcohol motifs (C(OH)–C–C–N with tert-alkyl or cyclic N) is 1. The third kappa shape index (κ3) is 6.93. The quantitative estimate of drug-likeness (QED) is 0.723. The van der Waals surface area contributed by atoms with E-state index in [-0.39, 0.29) is 6.61 Å². The molecule has 130 valence electrons. The number of hydrogen-bond acceptors (Lipinski definition) is 4. The SMILES string of the molecule is C[C@H](C(=O)NCC(F)(F)F)N(C)CC1CCN(CCO)CC1. The van der Waals surface area contributed by atoms with Crippen molar-refractivity contribution in [3.05, 3.63) is 0 Å². The van der Waals surface area contributed by atoms with Crippen molar-refractivity contribution in [3.63, 3.8) is 0 Å². The van der Waals surface area contributed by atoms with Gasteiger partial charge in [0.25, 0.3) is 0 Å². The van der Waals surface area contributed by atoms with Crippen LogP contribution in [0.3, 0.4) is 0 Å². The first-order valence-electron chi connectivity index (χ1n) is 7.61. The predicted molar refractivity (Wildman–Crippen MR) is 77.4 cm³/mol. The number of nitrogens with zero attached hydrogens (tertiary/aromatic N) is 2. The number of hydrogen-bond donors (Lipinski definition) is 2. The number of piperidine rings is 1. The molecule has 0 aliphatic carbocycles. The van der Waals surface area contributed by atoms with Crippen molar-refractivity contribution in [2.75, 3.05) is 46.4 Å². The second-order valence-electron chi connectivity index (χ2n) is 5.96. The van der Waals surface area contributed by atoms with Crippen LogP contribution in [-0.2, 0) is 4.79 Å².